The number of anilines is 1. The van der Waals surface area contributed by atoms with Gasteiger partial charge in [0.1, 0.15) is 11.2 Å². The topological polar surface area (TPSA) is 159 Å². The summed E-state index contributed by atoms with van der Waals surface area (Å²) in [6.07, 6.45) is 0. The summed E-state index contributed by atoms with van der Waals surface area (Å²) in [7, 11) is 0. The molecule has 10 nitrogen and oxygen atoms in total. The van der Waals surface area contributed by atoms with Crippen LogP contribution >= 0.6 is 0 Å². The highest BCUT2D eigenvalue weighted by molar-refractivity contribution is 5.66. The Morgan fingerprint density at radius 3 is 2.00 bits per heavy atom. The van der Waals surface area contributed by atoms with Gasteiger partial charge >= 0.3 is 0 Å². The Labute approximate surface area is 112 Å². The van der Waals surface area contributed by atoms with Gasteiger partial charge in [-0.1, -0.05) is 0 Å². The highest BCUT2D eigenvalue weighted by atomic mass is 16.6. The van der Waals surface area contributed by atoms with Gasteiger partial charge < -0.3 is 20.6 Å². The summed E-state index contributed by atoms with van der Waals surface area (Å²) in [5.74, 6) is 0. The van der Waals surface area contributed by atoms with Gasteiger partial charge in [0.15, 0.2) is 0 Å². The number of nitro benzene ring substituents is 2. The minimum absolute atomic E-state index is 0.155. The molecule has 0 bridgehead atoms. The highest BCUT2D eigenvalue weighted by Gasteiger charge is 2.31. The number of rotatable bonds is 7. The van der Waals surface area contributed by atoms with E-state index in [2.05, 4.69) is 5.32 Å². The molecule has 4 N–H and O–H groups in total. The summed E-state index contributed by atoms with van der Waals surface area (Å²) in [6.45, 7) is -2.06. The van der Waals surface area contributed by atoms with Crippen molar-refractivity contribution in [1.29, 1.82) is 0 Å². The predicted octanol–water partition coefficient (Wildman–Crippen LogP) is -0.369. The smallest absolute Gasteiger partial charge is 0.299 e. The van der Waals surface area contributed by atoms with Gasteiger partial charge in [-0.25, -0.2) is 0 Å². The molecule has 0 fully saturated rings. The normalized spacial score (nSPS) is 11.2. The fourth-order valence-electron chi connectivity index (χ4n) is 1.44. The number of nitro groups is 2. The van der Waals surface area contributed by atoms with E-state index in [1.54, 1.807) is 0 Å². The van der Waals surface area contributed by atoms with Crippen LogP contribution in [0, 0.1) is 20.2 Å². The molecule has 0 spiro atoms. The molecule has 0 saturated heterocycles. The van der Waals surface area contributed by atoms with E-state index in [-0.39, 0.29) is 5.69 Å². The number of nitrogens with one attached hydrogen (secondary N) is 1. The lowest BCUT2D eigenvalue weighted by Gasteiger charge is -2.29. The largest absolute Gasteiger partial charge is 0.394 e. The average Bonchev–Trinajstić information content (AvgIpc) is 2.44. The summed E-state index contributed by atoms with van der Waals surface area (Å²) in [6, 6.07) is 2.86. The van der Waals surface area contributed by atoms with E-state index in [0.717, 1.165) is 18.2 Å². The van der Waals surface area contributed by atoms with Gasteiger partial charge in [-0.2, -0.15) is 0 Å². The van der Waals surface area contributed by atoms with Gasteiger partial charge in [-0.05, 0) is 6.07 Å². The van der Waals surface area contributed by atoms with E-state index >= 15 is 0 Å². The zero-order chi connectivity index (χ0) is 15.3. The molecule has 1 rings (SSSR count). The minimum atomic E-state index is -1.57. The zero-order valence-corrected chi connectivity index (χ0v) is 10.2. The Morgan fingerprint density at radius 1 is 1.05 bits per heavy atom. The van der Waals surface area contributed by atoms with E-state index in [4.69, 9.17) is 15.3 Å². The molecule has 0 unspecified atom stereocenters. The van der Waals surface area contributed by atoms with Crippen LogP contribution in [0.3, 0.4) is 0 Å². The van der Waals surface area contributed by atoms with Gasteiger partial charge in [0.05, 0.1) is 35.7 Å². The quantitative estimate of drug-likeness (QED) is 0.390. The zero-order valence-electron chi connectivity index (χ0n) is 10.2. The molecule has 0 aromatic heterocycles. The van der Waals surface area contributed by atoms with E-state index in [1.807, 2.05) is 0 Å². The first-order chi connectivity index (χ1) is 9.39. The van der Waals surface area contributed by atoms with E-state index in [0.29, 0.717) is 0 Å². The SMILES string of the molecule is O=[N+]([O-])c1ccc(NC(CO)(CO)CO)c([N+](=O)[O-])c1. The summed E-state index contributed by atoms with van der Waals surface area (Å²) < 4.78 is 0. The van der Waals surface area contributed by atoms with Crippen LogP contribution in [-0.4, -0.2) is 50.5 Å². The summed E-state index contributed by atoms with van der Waals surface area (Å²) in [4.78, 5) is 19.9. The first-order valence-electron chi connectivity index (χ1n) is 5.42. The molecule has 110 valence electrons. The Morgan fingerprint density at radius 2 is 1.60 bits per heavy atom. The van der Waals surface area contributed by atoms with Crippen LogP contribution in [0.25, 0.3) is 0 Å². The number of aliphatic hydroxyl groups excluding tert-OH is 3. The van der Waals surface area contributed by atoms with E-state index < -0.39 is 46.6 Å². The van der Waals surface area contributed by atoms with Crippen molar-refractivity contribution in [3.8, 4) is 0 Å². The molecule has 20 heavy (non-hydrogen) atoms. The van der Waals surface area contributed by atoms with Crippen molar-refractivity contribution in [3.05, 3.63) is 38.4 Å². The van der Waals surface area contributed by atoms with Crippen LogP contribution in [0.1, 0.15) is 0 Å². The first kappa shape index (κ1) is 15.8. The third kappa shape index (κ3) is 3.17. The third-order valence-electron chi connectivity index (χ3n) is 2.70. The number of aliphatic hydroxyl groups is 3. The fourth-order valence-corrected chi connectivity index (χ4v) is 1.44. The van der Waals surface area contributed by atoms with Crippen LogP contribution in [0.5, 0.6) is 0 Å². The number of benzene rings is 1. The minimum Gasteiger partial charge on any atom is -0.394 e. The molecule has 1 aromatic rings. The Bertz CT molecular complexity index is 507. The van der Waals surface area contributed by atoms with Crippen LogP contribution in [0.15, 0.2) is 18.2 Å². The molecule has 1 aromatic carbocycles. The standard InChI is InChI=1S/C10H13N3O7/c14-4-10(5-15,6-16)11-8-2-1-7(12(17)18)3-9(8)13(19)20/h1-3,11,14-16H,4-6H2. The molecule has 0 heterocycles. The second-order valence-electron chi connectivity index (χ2n) is 4.10. The Kier molecular flexibility index (Phi) is 4.91. The van der Waals surface area contributed by atoms with Crippen LogP contribution in [-0.2, 0) is 0 Å². The lowest BCUT2D eigenvalue weighted by molar-refractivity contribution is -0.393. The molecular formula is C10H13N3O7. The molecule has 0 atom stereocenters. The molecule has 0 radical (unpaired) electrons. The first-order valence-corrected chi connectivity index (χ1v) is 5.42. The third-order valence-corrected chi connectivity index (χ3v) is 2.70. The van der Waals surface area contributed by atoms with Crippen molar-refractivity contribution in [2.75, 3.05) is 25.1 Å². The van der Waals surface area contributed by atoms with Gasteiger partial charge in [0.2, 0.25) is 0 Å². The van der Waals surface area contributed by atoms with Crippen LogP contribution in [0.4, 0.5) is 17.1 Å². The van der Waals surface area contributed by atoms with Gasteiger partial charge in [-0.3, -0.25) is 20.2 Å². The van der Waals surface area contributed by atoms with Crippen molar-refractivity contribution in [1.82, 2.24) is 0 Å². The molecule has 0 aliphatic rings. The van der Waals surface area contributed by atoms with Gasteiger partial charge in [-0.15, -0.1) is 0 Å². The number of non-ortho nitro benzene ring substituents is 1. The highest BCUT2D eigenvalue weighted by Crippen LogP contribution is 2.30. The average molecular weight is 287 g/mol. The van der Waals surface area contributed by atoms with Gasteiger partial charge in [0, 0.05) is 6.07 Å². The molecule has 0 amide bonds. The number of nitrogens with zero attached hydrogens (tertiary/aromatic N) is 2. The van der Waals surface area contributed by atoms with E-state index in [1.165, 1.54) is 0 Å². The maximum atomic E-state index is 10.9. The molecule has 0 saturated carbocycles. The fraction of sp³-hybridized carbons (Fsp3) is 0.400. The predicted molar refractivity (Wildman–Crippen MR) is 67.4 cm³/mol. The lowest BCUT2D eigenvalue weighted by atomic mass is 10.0. The van der Waals surface area contributed by atoms with Crippen molar-refractivity contribution in [2.24, 2.45) is 0 Å². The molecule has 0 aliphatic carbocycles. The molecule has 10 heteroatoms. The Hall–Kier alpha value is -2.30. The lowest BCUT2D eigenvalue weighted by Crippen LogP contribution is -2.49. The second-order valence-corrected chi connectivity index (χ2v) is 4.10. The van der Waals surface area contributed by atoms with Crippen molar-refractivity contribution in [3.63, 3.8) is 0 Å². The van der Waals surface area contributed by atoms with Crippen LogP contribution in [0.2, 0.25) is 0 Å². The number of hydrogen-bond donors (Lipinski definition) is 4. The van der Waals surface area contributed by atoms with Crippen molar-refractivity contribution >= 4 is 17.1 Å². The summed E-state index contributed by atoms with van der Waals surface area (Å²) in [5.41, 5.74) is -2.79. The maximum absolute atomic E-state index is 10.9. The van der Waals surface area contributed by atoms with E-state index in [9.17, 15) is 20.2 Å². The molecule has 0 aliphatic heterocycles. The maximum Gasteiger partial charge on any atom is 0.299 e. The monoisotopic (exact) mass is 287 g/mol. The summed E-state index contributed by atoms with van der Waals surface area (Å²) >= 11 is 0. The van der Waals surface area contributed by atoms with Crippen molar-refractivity contribution < 1.29 is 25.2 Å². The molecular weight excluding hydrogens is 274 g/mol. The number of hydrogen-bond acceptors (Lipinski definition) is 8. The Balaban J connectivity index is 3.24. The van der Waals surface area contributed by atoms with Crippen molar-refractivity contribution in [2.45, 2.75) is 5.54 Å². The van der Waals surface area contributed by atoms with Crippen LogP contribution < -0.4 is 5.32 Å². The second kappa shape index (κ2) is 6.23. The summed E-state index contributed by atoms with van der Waals surface area (Å²) in [5, 5.41) is 51.4. The van der Waals surface area contributed by atoms with Gasteiger partial charge in [0.25, 0.3) is 11.4 Å².